The average molecular weight is 350 g/mol. The standard InChI is InChI=1S/C16H16BrNO3/c1-21-14-7-5-11(6-8-14)15(19)10-18-16(20)12-3-2-4-13(17)9-12/h2-9,15,19H,10H2,1H3,(H,18,20). The van der Waals surface area contributed by atoms with E-state index in [1.807, 2.05) is 6.07 Å². The molecule has 2 rings (SSSR count). The smallest absolute Gasteiger partial charge is 0.251 e. The van der Waals surface area contributed by atoms with Crippen molar-refractivity contribution in [2.24, 2.45) is 0 Å². The van der Waals surface area contributed by atoms with Gasteiger partial charge >= 0.3 is 0 Å². The number of benzene rings is 2. The van der Waals surface area contributed by atoms with Gasteiger partial charge in [-0.25, -0.2) is 0 Å². The van der Waals surface area contributed by atoms with Gasteiger partial charge < -0.3 is 15.2 Å². The Labute approximate surface area is 131 Å². The second-order valence-electron chi connectivity index (χ2n) is 4.51. The third-order valence-corrected chi connectivity index (χ3v) is 3.54. The largest absolute Gasteiger partial charge is 0.497 e. The number of nitrogens with one attached hydrogen (secondary N) is 1. The molecule has 0 heterocycles. The van der Waals surface area contributed by atoms with Crippen molar-refractivity contribution in [2.45, 2.75) is 6.10 Å². The molecule has 2 N–H and O–H groups in total. The molecule has 1 unspecified atom stereocenters. The predicted molar refractivity (Wildman–Crippen MR) is 84.4 cm³/mol. The van der Waals surface area contributed by atoms with Crippen LogP contribution in [0.25, 0.3) is 0 Å². The third-order valence-electron chi connectivity index (χ3n) is 3.04. The quantitative estimate of drug-likeness (QED) is 0.872. The molecule has 0 saturated heterocycles. The SMILES string of the molecule is COc1ccc(C(O)CNC(=O)c2cccc(Br)c2)cc1. The van der Waals surface area contributed by atoms with Gasteiger partial charge in [-0.05, 0) is 35.9 Å². The molecule has 0 fully saturated rings. The molecular formula is C16H16BrNO3. The summed E-state index contributed by atoms with van der Waals surface area (Å²) in [6.07, 6.45) is -0.757. The van der Waals surface area contributed by atoms with Crippen LogP contribution in [0.3, 0.4) is 0 Å². The summed E-state index contributed by atoms with van der Waals surface area (Å²) in [4.78, 5) is 12.0. The van der Waals surface area contributed by atoms with E-state index in [0.29, 0.717) is 5.56 Å². The van der Waals surface area contributed by atoms with Crippen LogP contribution in [0.2, 0.25) is 0 Å². The van der Waals surface area contributed by atoms with Gasteiger partial charge in [0.2, 0.25) is 0 Å². The minimum Gasteiger partial charge on any atom is -0.497 e. The van der Waals surface area contributed by atoms with Crippen LogP contribution < -0.4 is 10.1 Å². The Balaban J connectivity index is 1.93. The molecule has 2 aromatic carbocycles. The fraction of sp³-hybridized carbons (Fsp3) is 0.188. The zero-order valence-corrected chi connectivity index (χ0v) is 13.1. The lowest BCUT2D eigenvalue weighted by atomic mass is 10.1. The van der Waals surface area contributed by atoms with Crippen LogP contribution >= 0.6 is 15.9 Å². The third kappa shape index (κ3) is 4.31. The summed E-state index contributed by atoms with van der Waals surface area (Å²) < 4.78 is 5.90. The number of methoxy groups -OCH3 is 1. The van der Waals surface area contributed by atoms with Gasteiger partial charge in [0.25, 0.3) is 5.91 Å². The molecule has 0 radical (unpaired) electrons. The Morgan fingerprint density at radius 2 is 2.00 bits per heavy atom. The molecule has 0 aromatic heterocycles. The fourth-order valence-corrected chi connectivity index (χ4v) is 2.26. The number of hydrogen-bond acceptors (Lipinski definition) is 3. The molecular weight excluding hydrogens is 334 g/mol. The van der Waals surface area contributed by atoms with E-state index >= 15 is 0 Å². The summed E-state index contributed by atoms with van der Waals surface area (Å²) in [5.41, 5.74) is 1.27. The average Bonchev–Trinajstić information content (AvgIpc) is 2.52. The molecule has 0 spiro atoms. The van der Waals surface area contributed by atoms with Gasteiger partial charge in [-0.2, -0.15) is 0 Å². The molecule has 2 aromatic rings. The number of hydrogen-bond donors (Lipinski definition) is 2. The Morgan fingerprint density at radius 1 is 1.29 bits per heavy atom. The Hall–Kier alpha value is -1.85. The van der Waals surface area contributed by atoms with E-state index in [9.17, 15) is 9.90 Å². The number of rotatable bonds is 5. The lowest BCUT2D eigenvalue weighted by Gasteiger charge is -2.13. The van der Waals surface area contributed by atoms with Gasteiger partial charge in [-0.3, -0.25) is 4.79 Å². The van der Waals surface area contributed by atoms with Gasteiger partial charge in [-0.15, -0.1) is 0 Å². The van der Waals surface area contributed by atoms with E-state index in [-0.39, 0.29) is 12.5 Å². The number of amides is 1. The molecule has 0 aliphatic carbocycles. The van der Waals surface area contributed by atoms with E-state index in [4.69, 9.17) is 4.74 Å². The Kier molecular flexibility index (Phi) is 5.36. The van der Waals surface area contributed by atoms with Crippen LogP contribution in [0, 0.1) is 0 Å². The summed E-state index contributed by atoms with van der Waals surface area (Å²) in [5.74, 6) is 0.507. The zero-order valence-electron chi connectivity index (χ0n) is 11.5. The second-order valence-corrected chi connectivity index (χ2v) is 5.43. The lowest BCUT2D eigenvalue weighted by Crippen LogP contribution is -2.28. The number of ether oxygens (including phenoxy) is 1. The van der Waals surface area contributed by atoms with E-state index in [0.717, 1.165) is 15.8 Å². The summed E-state index contributed by atoms with van der Waals surface area (Å²) in [7, 11) is 1.59. The molecule has 1 amide bonds. The monoisotopic (exact) mass is 349 g/mol. The first-order chi connectivity index (χ1) is 10.1. The highest BCUT2D eigenvalue weighted by Crippen LogP contribution is 2.17. The predicted octanol–water partition coefficient (Wildman–Crippen LogP) is 2.92. The van der Waals surface area contributed by atoms with Crippen molar-refractivity contribution < 1.29 is 14.6 Å². The van der Waals surface area contributed by atoms with E-state index in [2.05, 4.69) is 21.2 Å². The van der Waals surface area contributed by atoms with Gasteiger partial charge in [0, 0.05) is 16.6 Å². The first-order valence-electron chi connectivity index (χ1n) is 6.46. The minimum atomic E-state index is -0.757. The van der Waals surface area contributed by atoms with Gasteiger partial charge in [0.15, 0.2) is 0 Å². The van der Waals surface area contributed by atoms with E-state index in [1.165, 1.54) is 0 Å². The van der Waals surface area contributed by atoms with Crippen LogP contribution in [0.15, 0.2) is 53.0 Å². The van der Waals surface area contributed by atoms with E-state index < -0.39 is 6.10 Å². The highest BCUT2D eigenvalue weighted by Gasteiger charge is 2.11. The van der Waals surface area contributed by atoms with Gasteiger partial charge in [-0.1, -0.05) is 34.1 Å². The Morgan fingerprint density at radius 3 is 2.62 bits per heavy atom. The first kappa shape index (κ1) is 15.5. The highest BCUT2D eigenvalue weighted by atomic mass is 79.9. The van der Waals surface area contributed by atoms with Crippen LogP contribution in [0.5, 0.6) is 5.75 Å². The molecule has 0 bridgehead atoms. The van der Waals surface area contributed by atoms with Gasteiger partial charge in [0.1, 0.15) is 5.75 Å². The molecule has 1 atom stereocenters. The first-order valence-corrected chi connectivity index (χ1v) is 7.25. The fourth-order valence-electron chi connectivity index (χ4n) is 1.87. The number of aliphatic hydroxyl groups excluding tert-OH is 1. The maximum absolute atomic E-state index is 12.0. The van der Waals surface area contributed by atoms with Gasteiger partial charge in [0.05, 0.1) is 13.2 Å². The zero-order chi connectivity index (χ0) is 15.2. The molecule has 0 aliphatic heterocycles. The number of halogens is 1. The van der Waals surface area contributed by atoms with Crippen LogP contribution in [-0.2, 0) is 0 Å². The molecule has 5 heteroatoms. The van der Waals surface area contributed by atoms with Crippen molar-refractivity contribution in [3.05, 3.63) is 64.1 Å². The van der Waals surface area contributed by atoms with Crippen LogP contribution in [-0.4, -0.2) is 24.7 Å². The summed E-state index contributed by atoms with van der Waals surface area (Å²) >= 11 is 3.32. The molecule has 110 valence electrons. The normalized spacial score (nSPS) is 11.8. The topological polar surface area (TPSA) is 58.6 Å². The molecule has 0 aliphatic rings. The summed E-state index contributed by atoms with van der Waals surface area (Å²) in [5, 5.41) is 12.8. The summed E-state index contributed by atoms with van der Waals surface area (Å²) in [6, 6.07) is 14.2. The van der Waals surface area contributed by atoms with Crippen molar-refractivity contribution in [3.63, 3.8) is 0 Å². The maximum Gasteiger partial charge on any atom is 0.251 e. The number of carbonyl (C=O) groups excluding carboxylic acids is 1. The molecule has 21 heavy (non-hydrogen) atoms. The second kappa shape index (κ2) is 7.24. The highest BCUT2D eigenvalue weighted by molar-refractivity contribution is 9.10. The van der Waals surface area contributed by atoms with Crippen molar-refractivity contribution in [1.29, 1.82) is 0 Å². The maximum atomic E-state index is 12.0. The van der Waals surface area contributed by atoms with Crippen LogP contribution in [0.1, 0.15) is 22.0 Å². The molecule has 4 nitrogen and oxygen atoms in total. The van der Waals surface area contributed by atoms with E-state index in [1.54, 1.807) is 49.6 Å². The Bertz CT molecular complexity index is 613. The lowest BCUT2D eigenvalue weighted by molar-refractivity contribution is 0.0916. The van der Waals surface area contributed by atoms with Crippen LogP contribution in [0.4, 0.5) is 0 Å². The van der Waals surface area contributed by atoms with Crippen molar-refractivity contribution >= 4 is 21.8 Å². The number of carbonyl (C=O) groups is 1. The van der Waals surface area contributed by atoms with Crippen molar-refractivity contribution in [3.8, 4) is 5.75 Å². The van der Waals surface area contributed by atoms with Crippen molar-refractivity contribution in [1.82, 2.24) is 5.32 Å². The van der Waals surface area contributed by atoms with Crippen molar-refractivity contribution in [2.75, 3.05) is 13.7 Å². The minimum absolute atomic E-state index is 0.150. The summed E-state index contributed by atoms with van der Waals surface area (Å²) in [6.45, 7) is 0.150. The molecule has 0 saturated carbocycles. The number of aliphatic hydroxyl groups is 1.